The molecule has 1 saturated carbocycles. The van der Waals surface area contributed by atoms with Gasteiger partial charge in [-0.1, -0.05) is 25.5 Å². The maximum Gasteiger partial charge on any atom is 0.100 e. The Bertz CT molecular complexity index is 423. The van der Waals surface area contributed by atoms with E-state index in [2.05, 4.69) is 41.8 Å². The normalized spacial score (nSPS) is 17.8. The van der Waals surface area contributed by atoms with E-state index < -0.39 is 0 Å². The summed E-state index contributed by atoms with van der Waals surface area (Å²) in [5.74, 6) is 1.11. The van der Waals surface area contributed by atoms with Crippen molar-refractivity contribution in [1.82, 2.24) is 15.0 Å². The highest BCUT2D eigenvalue weighted by Crippen LogP contribution is 2.37. The topological polar surface area (TPSA) is 54.5 Å². The molecular formula is C13H20N4. The molecule has 17 heavy (non-hydrogen) atoms. The van der Waals surface area contributed by atoms with Crippen LogP contribution in [0, 0.1) is 17.2 Å². The van der Waals surface area contributed by atoms with Gasteiger partial charge in [0.25, 0.3) is 0 Å². The van der Waals surface area contributed by atoms with Crippen molar-refractivity contribution in [2.75, 3.05) is 0 Å². The Morgan fingerprint density at radius 2 is 2.12 bits per heavy atom. The number of hydrogen-bond donors (Lipinski definition) is 0. The zero-order valence-corrected chi connectivity index (χ0v) is 10.8. The predicted molar refractivity (Wildman–Crippen MR) is 65.5 cm³/mol. The highest BCUT2D eigenvalue weighted by molar-refractivity contribution is 5.18. The fourth-order valence-electron chi connectivity index (χ4n) is 2.56. The Hall–Kier alpha value is -1.37. The molecule has 0 radical (unpaired) electrons. The van der Waals surface area contributed by atoms with Crippen molar-refractivity contribution in [3.05, 3.63) is 11.4 Å². The first-order valence-corrected chi connectivity index (χ1v) is 6.46. The summed E-state index contributed by atoms with van der Waals surface area (Å²) in [4.78, 5) is 0. The van der Waals surface area contributed by atoms with E-state index in [1.807, 2.05) is 0 Å². The molecule has 1 aromatic heterocycles. The summed E-state index contributed by atoms with van der Waals surface area (Å²) in [6, 6.07) is 2.59. The van der Waals surface area contributed by atoms with Gasteiger partial charge in [-0.25, -0.2) is 4.68 Å². The molecule has 1 heterocycles. The molecule has 0 spiro atoms. The van der Waals surface area contributed by atoms with E-state index in [0.29, 0.717) is 18.4 Å². The molecule has 0 saturated heterocycles. The maximum absolute atomic E-state index is 8.81. The fraction of sp³-hybridized carbons (Fsp3) is 0.769. The van der Waals surface area contributed by atoms with E-state index in [-0.39, 0.29) is 0 Å². The molecular weight excluding hydrogens is 212 g/mol. The van der Waals surface area contributed by atoms with Crippen LogP contribution < -0.4 is 0 Å². The molecule has 0 bridgehead atoms. The molecule has 1 atom stereocenters. The van der Waals surface area contributed by atoms with Crippen molar-refractivity contribution < 1.29 is 0 Å². The van der Waals surface area contributed by atoms with Gasteiger partial charge in [0.2, 0.25) is 0 Å². The van der Waals surface area contributed by atoms with Crippen LogP contribution in [0.15, 0.2) is 0 Å². The smallest absolute Gasteiger partial charge is 0.100 e. The minimum atomic E-state index is 0.366. The first-order valence-electron chi connectivity index (χ1n) is 6.46. The number of rotatable bonds is 4. The average Bonchev–Trinajstić information content (AvgIpc) is 2.59. The van der Waals surface area contributed by atoms with Crippen molar-refractivity contribution in [2.45, 2.75) is 58.4 Å². The van der Waals surface area contributed by atoms with Gasteiger partial charge in [-0.05, 0) is 31.6 Å². The lowest BCUT2D eigenvalue weighted by molar-refractivity contribution is 0.204. The van der Waals surface area contributed by atoms with Gasteiger partial charge in [0.05, 0.1) is 24.2 Å². The maximum atomic E-state index is 8.81. The van der Waals surface area contributed by atoms with Crippen LogP contribution in [0.2, 0.25) is 0 Å². The first-order chi connectivity index (χ1) is 8.15. The van der Waals surface area contributed by atoms with Crippen LogP contribution in [0.3, 0.4) is 0 Å². The van der Waals surface area contributed by atoms with Gasteiger partial charge in [0, 0.05) is 0 Å². The summed E-state index contributed by atoms with van der Waals surface area (Å²) in [7, 11) is 0. The predicted octanol–water partition coefficient (Wildman–Crippen LogP) is 2.83. The van der Waals surface area contributed by atoms with Crippen LogP contribution in [0.1, 0.15) is 63.4 Å². The monoisotopic (exact) mass is 232 g/mol. The van der Waals surface area contributed by atoms with Crippen LogP contribution >= 0.6 is 0 Å². The third kappa shape index (κ3) is 2.19. The van der Waals surface area contributed by atoms with Crippen molar-refractivity contribution in [2.24, 2.45) is 5.92 Å². The van der Waals surface area contributed by atoms with Gasteiger partial charge in [-0.2, -0.15) is 5.26 Å². The van der Waals surface area contributed by atoms with Crippen LogP contribution in [0.5, 0.6) is 0 Å². The summed E-state index contributed by atoms with van der Waals surface area (Å²) in [6.07, 6.45) is 4.30. The zero-order chi connectivity index (χ0) is 12.4. The summed E-state index contributed by atoms with van der Waals surface area (Å²) < 4.78 is 2.06. The van der Waals surface area contributed by atoms with Crippen LogP contribution in [-0.4, -0.2) is 15.0 Å². The number of hydrogen-bond acceptors (Lipinski definition) is 3. The highest BCUT2D eigenvalue weighted by atomic mass is 15.4. The van der Waals surface area contributed by atoms with Crippen LogP contribution in [0.4, 0.5) is 0 Å². The second kappa shape index (κ2) is 4.87. The lowest BCUT2D eigenvalue weighted by Crippen LogP contribution is -2.25. The minimum Gasteiger partial charge on any atom is -0.246 e. The third-order valence-corrected chi connectivity index (χ3v) is 3.82. The van der Waals surface area contributed by atoms with E-state index in [0.717, 1.165) is 17.3 Å². The van der Waals surface area contributed by atoms with E-state index >= 15 is 0 Å². The number of nitrogens with zero attached hydrogens (tertiary/aromatic N) is 4. The van der Waals surface area contributed by atoms with Gasteiger partial charge in [0.1, 0.15) is 5.69 Å². The zero-order valence-electron chi connectivity index (χ0n) is 10.8. The highest BCUT2D eigenvalue weighted by Gasteiger charge is 2.29. The lowest BCUT2D eigenvalue weighted by atomic mass is 9.80. The van der Waals surface area contributed by atoms with E-state index in [4.69, 9.17) is 5.26 Å². The van der Waals surface area contributed by atoms with Crippen molar-refractivity contribution in [3.63, 3.8) is 0 Å². The van der Waals surface area contributed by atoms with E-state index in [1.165, 1.54) is 19.3 Å². The van der Waals surface area contributed by atoms with Crippen molar-refractivity contribution in [1.29, 1.82) is 5.26 Å². The SMILES string of the molecule is CC(C)c1c(CC#N)nnn1C(C)C1CCC1. The second-order valence-electron chi connectivity index (χ2n) is 5.29. The standard InChI is InChI=1S/C13H20N4/c1-9(2)13-12(7-8-14)15-16-17(13)10(3)11-5-4-6-11/h9-11H,4-7H2,1-3H3. The Kier molecular flexibility index (Phi) is 3.46. The molecule has 92 valence electrons. The Morgan fingerprint density at radius 3 is 2.59 bits per heavy atom. The molecule has 0 N–H and O–H groups in total. The van der Waals surface area contributed by atoms with Crippen molar-refractivity contribution in [3.8, 4) is 6.07 Å². The molecule has 1 fully saturated rings. The van der Waals surface area contributed by atoms with E-state index in [1.54, 1.807) is 0 Å². The van der Waals surface area contributed by atoms with Gasteiger partial charge >= 0.3 is 0 Å². The molecule has 1 aromatic rings. The fourth-order valence-corrected chi connectivity index (χ4v) is 2.56. The second-order valence-corrected chi connectivity index (χ2v) is 5.29. The van der Waals surface area contributed by atoms with Gasteiger partial charge in [0.15, 0.2) is 0 Å². The molecule has 0 aliphatic heterocycles. The van der Waals surface area contributed by atoms with Crippen LogP contribution in [-0.2, 0) is 6.42 Å². The van der Waals surface area contributed by atoms with Crippen molar-refractivity contribution >= 4 is 0 Å². The molecule has 4 nitrogen and oxygen atoms in total. The third-order valence-electron chi connectivity index (χ3n) is 3.82. The van der Waals surface area contributed by atoms with E-state index in [9.17, 15) is 0 Å². The van der Waals surface area contributed by atoms with Gasteiger partial charge < -0.3 is 0 Å². The number of nitriles is 1. The molecule has 2 rings (SSSR count). The molecule has 4 heteroatoms. The Labute approximate surface area is 103 Å². The number of aromatic nitrogens is 3. The minimum absolute atomic E-state index is 0.366. The summed E-state index contributed by atoms with van der Waals surface area (Å²) in [5, 5.41) is 17.3. The van der Waals surface area contributed by atoms with Gasteiger partial charge in [-0.15, -0.1) is 5.10 Å². The summed E-state index contributed by atoms with van der Waals surface area (Å²) in [6.45, 7) is 6.51. The Morgan fingerprint density at radius 1 is 1.41 bits per heavy atom. The summed E-state index contributed by atoms with van der Waals surface area (Å²) in [5.41, 5.74) is 2.00. The Balaban J connectivity index is 2.29. The summed E-state index contributed by atoms with van der Waals surface area (Å²) >= 11 is 0. The molecule has 1 aliphatic rings. The lowest BCUT2D eigenvalue weighted by Gasteiger charge is -2.32. The quantitative estimate of drug-likeness (QED) is 0.802. The first kappa shape index (κ1) is 12.1. The molecule has 1 unspecified atom stereocenters. The van der Waals surface area contributed by atoms with Gasteiger partial charge in [-0.3, -0.25) is 0 Å². The molecule has 0 aromatic carbocycles. The molecule has 1 aliphatic carbocycles. The molecule has 0 amide bonds. The average molecular weight is 232 g/mol. The van der Waals surface area contributed by atoms with Crippen LogP contribution in [0.25, 0.3) is 0 Å². The largest absolute Gasteiger partial charge is 0.246 e.